The predicted molar refractivity (Wildman–Crippen MR) is 188 cm³/mol. The van der Waals surface area contributed by atoms with E-state index in [0.717, 1.165) is 11.1 Å². The molecule has 41 heavy (non-hydrogen) atoms. The van der Waals surface area contributed by atoms with Gasteiger partial charge >= 0.3 is 0 Å². The molecular weight excluding hydrogens is 545 g/mol. The Morgan fingerprint density at radius 2 is 0.927 bits per heavy atom. The van der Waals surface area contributed by atoms with Crippen LogP contribution in [0, 0.1) is 22.9 Å². The molecule has 1 heterocycles. The molecule has 0 atom stereocenters. The van der Waals surface area contributed by atoms with E-state index < -0.39 is 16.1 Å². The Morgan fingerprint density at radius 3 is 1.41 bits per heavy atom. The van der Waals surface area contributed by atoms with Gasteiger partial charge in [0.2, 0.25) is 0 Å². The van der Waals surface area contributed by atoms with Crippen LogP contribution in [0.2, 0.25) is 39.3 Å². The lowest BCUT2D eigenvalue weighted by Gasteiger charge is -2.21. The Hall–Kier alpha value is -3.87. The standard InChI is InChI=1S/C38H34SSi2/c1-40(2,3)25-22-31-29-19-13-14-20-30(29)32(23-26-41(4,5)6)37-35(28-17-11-8-12-18-28)38-33(21-24-39-38)34(36(31)37)27-15-9-7-10-16-27/h7-21,24H,1-6H3. The second-order valence-electron chi connectivity index (χ2n) is 12.7. The fourth-order valence-electron chi connectivity index (χ4n) is 5.43. The van der Waals surface area contributed by atoms with Crippen LogP contribution >= 0.6 is 11.3 Å². The van der Waals surface area contributed by atoms with Gasteiger partial charge in [0.05, 0.1) is 0 Å². The summed E-state index contributed by atoms with van der Waals surface area (Å²) in [6.07, 6.45) is 0. The summed E-state index contributed by atoms with van der Waals surface area (Å²) >= 11 is 1.82. The highest BCUT2D eigenvalue weighted by Gasteiger charge is 2.24. The van der Waals surface area contributed by atoms with Crippen LogP contribution in [0.4, 0.5) is 0 Å². The van der Waals surface area contributed by atoms with Crippen LogP contribution in [0.5, 0.6) is 0 Å². The van der Waals surface area contributed by atoms with Gasteiger partial charge in [0, 0.05) is 37.5 Å². The summed E-state index contributed by atoms with van der Waals surface area (Å²) in [6, 6.07) is 32.8. The van der Waals surface area contributed by atoms with Gasteiger partial charge in [0.15, 0.2) is 0 Å². The third-order valence-corrected chi connectivity index (χ3v) is 9.81. The van der Waals surface area contributed by atoms with Crippen LogP contribution in [0.1, 0.15) is 11.1 Å². The van der Waals surface area contributed by atoms with E-state index in [1.54, 1.807) is 0 Å². The molecule has 1 aromatic heterocycles. The van der Waals surface area contributed by atoms with Crippen molar-refractivity contribution in [2.24, 2.45) is 0 Å². The smallest absolute Gasteiger partial charge is 0.129 e. The van der Waals surface area contributed by atoms with Crippen molar-refractivity contribution in [1.82, 2.24) is 0 Å². The van der Waals surface area contributed by atoms with Crippen LogP contribution < -0.4 is 0 Å². The Labute approximate surface area is 250 Å². The minimum absolute atomic E-state index is 1.13. The van der Waals surface area contributed by atoms with Crippen LogP contribution in [0.15, 0.2) is 96.4 Å². The highest BCUT2D eigenvalue weighted by molar-refractivity contribution is 7.18. The maximum Gasteiger partial charge on any atom is 0.129 e. The molecular formula is C38H34SSi2. The minimum Gasteiger partial charge on any atom is -0.143 e. The maximum atomic E-state index is 3.79. The van der Waals surface area contributed by atoms with Crippen molar-refractivity contribution in [2.75, 3.05) is 0 Å². The molecule has 0 unspecified atom stereocenters. The second-order valence-corrected chi connectivity index (χ2v) is 23.1. The molecule has 6 rings (SSSR count). The number of fused-ring (bicyclic) bond motifs is 3. The Balaban J connectivity index is 2.00. The van der Waals surface area contributed by atoms with E-state index >= 15 is 0 Å². The van der Waals surface area contributed by atoms with Crippen LogP contribution in [0.3, 0.4) is 0 Å². The summed E-state index contributed by atoms with van der Waals surface area (Å²) in [5.74, 6) is 7.58. The van der Waals surface area contributed by atoms with Crippen molar-refractivity contribution in [1.29, 1.82) is 0 Å². The summed E-state index contributed by atoms with van der Waals surface area (Å²) in [5, 5.41) is 8.36. The number of thiophene rings is 1. The zero-order chi connectivity index (χ0) is 28.8. The highest BCUT2D eigenvalue weighted by atomic mass is 32.1. The molecule has 0 saturated heterocycles. The zero-order valence-corrected chi connectivity index (χ0v) is 27.5. The molecule has 0 fully saturated rings. The molecule has 0 nitrogen and oxygen atoms in total. The van der Waals surface area contributed by atoms with E-state index in [1.807, 2.05) is 11.3 Å². The summed E-state index contributed by atoms with van der Waals surface area (Å²) < 4.78 is 1.30. The summed E-state index contributed by atoms with van der Waals surface area (Å²) in [5.41, 5.74) is 14.7. The Morgan fingerprint density at radius 1 is 0.488 bits per heavy atom. The molecule has 0 N–H and O–H groups in total. The quantitative estimate of drug-likeness (QED) is 0.109. The molecule has 0 aliphatic heterocycles. The van der Waals surface area contributed by atoms with Gasteiger partial charge in [-0.3, -0.25) is 0 Å². The lowest BCUT2D eigenvalue weighted by atomic mass is 9.82. The van der Waals surface area contributed by atoms with Crippen LogP contribution in [0.25, 0.3) is 53.9 Å². The fourth-order valence-corrected chi connectivity index (χ4v) is 7.41. The van der Waals surface area contributed by atoms with Crippen LogP contribution in [-0.2, 0) is 0 Å². The summed E-state index contributed by atoms with van der Waals surface area (Å²) in [4.78, 5) is 0. The van der Waals surface area contributed by atoms with Gasteiger partial charge in [0.25, 0.3) is 0 Å². The van der Waals surface area contributed by atoms with E-state index in [-0.39, 0.29) is 0 Å². The Bertz CT molecular complexity index is 1900. The molecule has 0 radical (unpaired) electrons. The highest BCUT2D eigenvalue weighted by Crippen LogP contribution is 2.49. The number of hydrogen-bond acceptors (Lipinski definition) is 1. The van der Waals surface area contributed by atoms with Crippen LogP contribution in [-0.4, -0.2) is 16.1 Å². The first-order chi connectivity index (χ1) is 19.6. The van der Waals surface area contributed by atoms with Crippen molar-refractivity contribution >= 4 is 59.1 Å². The van der Waals surface area contributed by atoms with Crippen molar-refractivity contribution in [3.8, 4) is 45.2 Å². The molecule has 0 aliphatic carbocycles. The van der Waals surface area contributed by atoms with E-state index in [1.165, 1.54) is 53.9 Å². The summed E-state index contributed by atoms with van der Waals surface area (Å²) in [6.45, 7) is 13.9. The van der Waals surface area contributed by atoms with Crippen molar-refractivity contribution in [3.63, 3.8) is 0 Å². The lowest BCUT2D eigenvalue weighted by Crippen LogP contribution is -2.16. The van der Waals surface area contributed by atoms with Crippen molar-refractivity contribution in [3.05, 3.63) is 108 Å². The Kier molecular flexibility index (Phi) is 7.00. The lowest BCUT2D eigenvalue weighted by molar-refractivity contribution is 1.66. The molecule has 0 aliphatic rings. The third-order valence-electron chi connectivity index (χ3n) is 7.13. The van der Waals surface area contributed by atoms with Gasteiger partial charge in [-0.1, -0.05) is 136 Å². The minimum atomic E-state index is -1.66. The van der Waals surface area contributed by atoms with Gasteiger partial charge in [-0.25, -0.2) is 0 Å². The predicted octanol–water partition coefficient (Wildman–Crippen LogP) is 11.0. The fraction of sp³-hybridized carbons (Fsp3) is 0.158. The van der Waals surface area contributed by atoms with E-state index in [4.69, 9.17) is 0 Å². The number of rotatable bonds is 2. The van der Waals surface area contributed by atoms with Gasteiger partial charge in [-0.05, 0) is 38.9 Å². The molecule has 3 heteroatoms. The van der Waals surface area contributed by atoms with Gasteiger partial charge in [-0.2, -0.15) is 0 Å². The SMILES string of the molecule is C[Si](C)(C)C#Cc1c2ccccc2c(C#C[Si](C)(C)C)c2c(-c3ccccc3)c3sccc3c(-c3ccccc3)c12. The molecule has 0 amide bonds. The van der Waals surface area contributed by atoms with Gasteiger partial charge in [0.1, 0.15) is 16.1 Å². The van der Waals surface area contributed by atoms with Crippen molar-refractivity contribution < 1.29 is 0 Å². The normalized spacial score (nSPS) is 11.8. The van der Waals surface area contributed by atoms with Crippen molar-refractivity contribution in [2.45, 2.75) is 39.3 Å². The average Bonchev–Trinajstić information content (AvgIpc) is 3.43. The van der Waals surface area contributed by atoms with Gasteiger partial charge < -0.3 is 0 Å². The second kappa shape index (κ2) is 10.5. The molecule has 0 saturated carbocycles. The first kappa shape index (κ1) is 27.3. The van der Waals surface area contributed by atoms with E-state index in [9.17, 15) is 0 Å². The molecule has 0 bridgehead atoms. The topological polar surface area (TPSA) is 0 Å². The molecule has 0 spiro atoms. The first-order valence-corrected chi connectivity index (χ1v) is 22.1. The molecule has 5 aromatic carbocycles. The zero-order valence-electron chi connectivity index (χ0n) is 24.6. The summed E-state index contributed by atoms with van der Waals surface area (Å²) in [7, 11) is -3.33. The molecule has 200 valence electrons. The molecule has 6 aromatic rings. The van der Waals surface area contributed by atoms with E-state index in [0.29, 0.717) is 0 Å². The van der Waals surface area contributed by atoms with Gasteiger partial charge in [-0.15, -0.1) is 22.4 Å². The maximum absolute atomic E-state index is 3.79. The monoisotopic (exact) mass is 578 g/mol. The first-order valence-electron chi connectivity index (χ1n) is 14.2. The third kappa shape index (κ3) is 5.30. The van der Waals surface area contributed by atoms with E-state index in [2.05, 4.69) is 159 Å². The number of benzene rings is 5. The largest absolute Gasteiger partial charge is 0.143 e. The average molecular weight is 579 g/mol. The number of hydrogen-bond donors (Lipinski definition) is 0.